The molecule has 0 bridgehead atoms. The van der Waals surface area contributed by atoms with Gasteiger partial charge in [0.1, 0.15) is 6.73 Å². The molecule has 0 saturated heterocycles. The lowest BCUT2D eigenvalue weighted by molar-refractivity contribution is 0.221. The van der Waals surface area contributed by atoms with Crippen LogP contribution in [0.1, 0.15) is 5.56 Å². The SMILES string of the molecule is COCNc1ccc(CN)cc1. The smallest absolute Gasteiger partial charge is 0.116 e. The molecule has 0 amide bonds. The third-order valence-corrected chi connectivity index (χ3v) is 1.61. The Bertz CT molecular complexity index is 220. The van der Waals surface area contributed by atoms with Gasteiger partial charge in [0.05, 0.1) is 0 Å². The summed E-state index contributed by atoms with van der Waals surface area (Å²) in [5.74, 6) is 0. The van der Waals surface area contributed by atoms with Crippen LogP contribution in [0.25, 0.3) is 0 Å². The Kier molecular flexibility index (Phi) is 3.57. The molecule has 0 radical (unpaired) electrons. The zero-order valence-electron chi connectivity index (χ0n) is 7.21. The van der Waals surface area contributed by atoms with Crippen LogP contribution >= 0.6 is 0 Å². The van der Waals surface area contributed by atoms with E-state index in [4.69, 9.17) is 10.5 Å². The average molecular weight is 166 g/mol. The van der Waals surface area contributed by atoms with E-state index in [1.54, 1.807) is 7.11 Å². The van der Waals surface area contributed by atoms with E-state index < -0.39 is 0 Å². The van der Waals surface area contributed by atoms with Gasteiger partial charge in [0.25, 0.3) is 0 Å². The van der Waals surface area contributed by atoms with Gasteiger partial charge >= 0.3 is 0 Å². The Morgan fingerprint density at radius 1 is 1.33 bits per heavy atom. The average Bonchev–Trinajstić information content (AvgIpc) is 2.15. The van der Waals surface area contributed by atoms with E-state index >= 15 is 0 Å². The monoisotopic (exact) mass is 166 g/mol. The molecule has 0 fully saturated rings. The number of anilines is 1. The number of nitrogens with two attached hydrogens (primary N) is 1. The molecule has 3 heteroatoms. The minimum Gasteiger partial charge on any atom is -0.365 e. The normalized spacial score (nSPS) is 9.83. The molecule has 66 valence electrons. The minimum absolute atomic E-state index is 0.530. The second-order valence-electron chi connectivity index (χ2n) is 2.51. The highest BCUT2D eigenvalue weighted by atomic mass is 16.5. The summed E-state index contributed by atoms with van der Waals surface area (Å²) in [6, 6.07) is 7.97. The van der Waals surface area contributed by atoms with Crippen molar-refractivity contribution in [2.45, 2.75) is 6.54 Å². The maximum absolute atomic E-state index is 5.45. The fraction of sp³-hybridized carbons (Fsp3) is 0.333. The molecule has 0 atom stereocenters. The third-order valence-electron chi connectivity index (χ3n) is 1.61. The van der Waals surface area contributed by atoms with Crippen molar-refractivity contribution in [1.82, 2.24) is 0 Å². The van der Waals surface area contributed by atoms with E-state index in [0.29, 0.717) is 13.3 Å². The highest BCUT2D eigenvalue weighted by molar-refractivity contribution is 5.44. The fourth-order valence-electron chi connectivity index (χ4n) is 0.914. The molecular weight excluding hydrogens is 152 g/mol. The summed E-state index contributed by atoms with van der Waals surface area (Å²) in [6.07, 6.45) is 0. The largest absolute Gasteiger partial charge is 0.365 e. The standard InChI is InChI=1S/C9H14N2O/c1-12-7-11-9-4-2-8(6-10)3-5-9/h2-5,11H,6-7,10H2,1H3. The Balaban J connectivity index is 2.53. The lowest BCUT2D eigenvalue weighted by atomic mass is 10.2. The van der Waals surface area contributed by atoms with Crippen LogP contribution in [0.2, 0.25) is 0 Å². The van der Waals surface area contributed by atoms with Crippen LogP contribution in [0.4, 0.5) is 5.69 Å². The minimum atomic E-state index is 0.530. The van der Waals surface area contributed by atoms with Crippen molar-refractivity contribution in [1.29, 1.82) is 0 Å². The molecule has 1 aromatic carbocycles. The Labute approximate surface area is 72.5 Å². The van der Waals surface area contributed by atoms with Gasteiger partial charge in [-0.3, -0.25) is 0 Å². The van der Waals surface area contributed by atoms with Gasteiger partial charge in [0.15, 0.2) is 0 Å². The first-order chi connectivity index (χ1) is 5.86. The van der Waals surface area contributed by atoms with Gasteiger partial charge in [0.2, 0.25) is 0 Å². The van der Waals surface area contributed by atoms with Crippen LogP contribution in [-0.2, 0) is 11.3 Å². The second-order valence-corrected chi connectivity index (χ2v) is 2.51. The number of benzene rings is 1. The molecule has 0 aliphatic heterocycles. The Morgan fingerprint density at radius 2 is 2.00 bits per heavy atom. The van der Waals surface area contributed by atoms with Crippen LogP contribution in [0.5, 0.6) is 0 Å². The van der Waals surface area contributed by atoms with Gasteiger partial charge in [-0.2, -0.15) is 0 Å². The van der Waals surface area contributed by atoms with Gasteiger partial charge in [0, 0.05) is 19.3 Å². The van der Waals surface area contributed by atoms with Crippen LogP contribution in [0.3, 0.4) is 0 Å². The number of nitrogens with one attached hydrogen (secondary N) is 1. The summed E-state index contributed by atoms with van der Waals surface area (Å²) in [5.41, 5.74) is 7.64. The van der Waals surface area contributed by atoms with E-state index in [1.165, 1.54) is 0 Å². The molecule has 1 aromatic rings. The summed E-state index contributed by atoms with van der Waals surface area (Å²) in [4.78, 5) is 0. The van der Waals surface area contributed by atoms with Gasteiger partial charge in [-0.05, 0) is 17.7 Å². The van der Waals surface area contributed by atoms with Crippen molar-refractivity contribution >= 4 is 5.69 Å². The lowest BCUT2D eigenvalue weighted by Crippen LogP contribution is -2.03. The van der Waals surface area contributed by atoms with E-state index in [9.17, 15) is 0 Å². The maximum Gasteiger partial charge on any atom is 0.116 e. The van der Waals surface area contributed by atoms with Crippen LogP contribution < -0.4 is 11.1 Å². The van der Waals surface area contributed by atoms with Gasteiger partial charge in [-0.15, -0.1) is 0 Å². The highest BCUT2D eigenvalue weighted by Crippen LogP contribution is 2.08. The topological polar surface area (TPSA) is 47.3 Å². The van der Waals surface area contributed by atoms with E-state index in [0.717, 1.165) is 11.3 Å². The van der Waals surface area contributed by atoms with Gasteiger partial charge in [-0.1, -0.05) is 12.1 Å². The molecule has 0 saturated carbocycles. The van der Waals surface area contributed by atoms with Crippen LogP contribution in [-0.4, -0.2) is 13.8 Å². The maximum atomic E-state index is 5.45. The van der Waals surface area contributed by atoms with Crippen molar-refractivity contribution in [2.24, 2.45) is 5.73 Å². The Hall–Kier alpha value is -1.06. The van der Waals surface area contributed by atoms with Gasteiger partial charge < -0.3 is 15.8 Å². The number of ether oxygens (including phenoxy) is 1. The first-order valence-electron chi connectivity index (χ1n) is 3.88. The predicted octanol–water partition coefficient (Wildman–Crippen LogP) is 1.16. The van der Waals surface area contributed by atoms with E-state index in [1.807, 2.05) is 24.3 Å². The van der Waals surface area contributed by atoms with Crippen molar-refractivity contribution in [3.05, 3.63) is 29.8 Å². The predicted molar refractivity (Wildman–Crippen MR) is 49.8 cm³/mol. The zero-order valence-corrected chi connectivity index (χ0v) is 7.21. The van der Waals surface area contributed by atoms with E-state index in [2.05, 4.69) is 5.32 Å². The van der Waals surface area contributed by atoms with Crippen molar-refractivity contribution < 1.29 is 4.74 Å². The zero-order chi connectivity index (χ0) is 8.81. The molecule has 0 unspecified atom stereocenters. The summed E-state index contributed by atoms with van der Waals surface area (Å²) in [7, 11) is 1.65. The molecule has 3 nitrogen and oxygen atoms in total. The molecule has 0 spiro atoms. The van der Waals surface area contributed by atoms with Crippen LogP contribution in [0, 0.1) is 0 Å². The summed E-state index contributed by atoms with van der Waals surface area (Å²) in [5, 5.41) is 3.08. The number of hydrogen-bond acceptors (Lipinski definition) is 3. The van der Waals surface area contributed by atoms with Crippen molar-refractivity contribution in [3.8, 4) is 0 Å². The first-order valence-corrected chi connectivity index (χ1v) is 3.88. The molecule has 12 heavy (non-hydrogen) atoms. The molecular formula is C9H14N2O. The summed E-state index contributed by atoms with van der Waals surface area (Å²) in [6.45, 7) is 1.12. The summed E-state index contributed by atoms with van der Waals surface area (Å²) >= 11 is 0. The second kappa shape index (κ2) is 4.74. The first kappa shape index (κ1) is 9.03. The number of rotatable bonds is 4. The molecule has 0 aromatic heterocycles. The van der Waals surface area contributed by atoms with Crippen molar-refractivity contribution in [3.63, 3.8) is 0 Å². The Morgan fingerprint density at radius 3 is 2.50 bits per heavy atom. The van der Waals surface area contributed by atoms with Crippen LogP contribution in [0.15, 0.2) is 24.3 Å². The van der Waals surface area contributed by atoms with E-state index in [-0.39, 0.29) is 0 Å². The quantitative estimate of drug-likeness (QED) is 0.660. The molecule has 0 aliphatic rings. The highest BCUT2D eigenvalue weighted by Gasteiger charge is 1.90. The molecule has 0 aliphatic carbocycles. The molecule has 0 heterocycles. The lowest BCUT2D eigenvalue weighted by Gasteiger charge is -2.04. The molecule has 3 N–H and O–H groups in total. The molecule has 1 rings (SSSR count). The number of hydrogen-bond donors (Lipinski definition) is 2. The van der Waals surface area contributed by atoms with Crippen molar-refractivity contribution in [2.75, 3.05) is 19.2 Å². The number of methoxy groups -OCH3 is 1. The third kappa shape index (κ3) is 2.53. The summed E-state index contributed by atoms with van der Waals surface area (Å²) < 4.78 is 4.87. The fourth-order valence-corrected chi connectivity index (χ4v) is 0.914. The van der Waals surface area contributed by atoms with Gasteiger partial charge in [-0.25, -0.2) is 0 Å².